The zero-order chi connectivity index (χ0) is 36.8. The highest BCUT2D eigenvalue weighted by Gasteiger charge is 2.25. The molecule has 0 aromatic heterocycles. The van der Waals surface area contributed by atoms with Crippen molar-refractivity contribution in [2.24, 2.45) is 0 Å². The van der Waals surface area contributed by atoms with Gasteiger partial charge in [-0.15, -0.1) is 0 Å². The molecule has 274 valence electrons. The monoisotopic (exact) mass is 742 g/mol. The van der Waals surface area contributed by atoms with Crippen molar-refractivity contribution >= 4 is 21.9 Å². The van der Waals surface area contributed by atoms with Gasteiger partial charge in [0.15, 0.2) is 0 Å². The van der Waals surface area contributed by atoms with E-state index >= 15 is 4.39 Å². The molecule has 6 nitrogen and oxygen atoms in total. The van der Waals surface area contributed by atoms with Gasteiger partial charge in [0.2, 0.25) is 0 Å². The van der Waals surface area contributed by atoms with E-state index in [4.69, 9.17) is 13.7 Å². The van der Waals surface area contributed by atoms with E-state index in [1.165, 1.54) is 37.1 Å². The standard InChI is InChI=1S/C43H47FO6S2/c1-3-5-7-8-14-27-48-31-32-19-25-40(44)39(29-32)43(45)38-18-13-12-17-37(38)33-20-26-41(51-36-23-21-34(22-24-36)49-28-6-4-2)42(30-33)52(46,47)50-35-15-10-9-11-16-35/h9-13,15-26,29-30,43,45H,3-8,14,27-28,31H2,1-2H3. The van der Waals surface area contributed by atoms with Crippen molar-refractivity contribution in [2.75, 3.05) is 13.2 Å². The van der Waals surface area contributed by atoms with Crippen molar-refractivity contribution in [3.8, 4) is 22.6 Å². The van der Waals surface area contributed by atoms with E-state index in [1.807, 2.05) is 24.3 Å². The van der Waals surface area contributed by atoms with Gasteiger partial charge in [-0.2, -0.15) is 8.42 Å². The SMILES string of the molecule is CCCCCCCOCc1ccc(F)c(C(O)c2ccccc2-c2ccc(Sc3ccc(OCCCC)cc3)c(S(=O)(=O)Oc3ccccc3)c2)c1. The molecule has 0 heterocycles. The molecule has 5 aromatic rings. The minimum absolute atomic E-state index is 0.0357. The van der Waals surface area contributed by atoms with Crippen molar-refractivity contribution < 1.29 is 31.6 Å². The molecule has 1 N–H and O–H groups in total. The van der Waals surface area contributed by atoms with Gasteiger partial charge in [-0.05, 0) is 95.8 Å². The Morgan fingerprint density at radius 3 is 2.21 bits per heavy atom. The number of ether oxygens (including phenoxy) is 2. The van der Waals surface area contributed by atoms with Crippen molar-refractivity contribution in [3.05, 3.63) is 138 Å². The maximum atomic E-state index is 15.3. The van der Waals surface area contributed by atoms with Gasteiger partial charge in [0, 0.05) is 22.0 Å². The molecule has 0 spiro atoms. The lowest BCUT2D eigenvalue weighted by Gasteiger charge is -2.19. The Kier molecular flexibility index (Phi) is 14.7. The largest absolute Gasteiger partial charge is 0.494 e. The van der Waals surface area contributed by atoms with Crippen LogP contribution in [-0.4, -0.2) is 26.7 Å². The summed E-state index contributed by atoms with van der Waals surface area (Å²) >= 11 is 1.29. The molecule has 0 aliphatic heterocycles. The molecule has 0 radical (unpaired) electrons. The summed E-state index contributed by atoms with van der Waals surface area (Å²) in [6, 6.07) is 32.7. The first-order valence-electron chi connectivity index (χ1n) is 18.0. The topological polar surface area (TPSA) is 82.1 Å². The van der Waals surface area contributed by atoms with E-state index in [1.54, 1.807) is 84.9 Å². The zero-order valence-electron chi connectivity index (χ0n) is 29.8. The Balaban J connectivity index is 1.44. The Labute approximate surface area is 312 Å². The quantitative estimate of drug-likeness (QED) is 0.0628. The van der Waals surface area contributed by atoms with Gasteiger partial charge in [0.05, 0.1) is 13.2 Å². The van der Waals surface area contributed by atoms with E-state index in [0.717, 1.165) is 41.9 Å². The first kappa shape index (κ1) is 39.1. The summed E-state index contributed by atoms with van der Waals surface area (Å²) in [4.78, 5) is 1.24. The van der Waals surface area contributed by atoms with Crippen LogP contribution in [0.3, 0.4) is 0 Å². The van der Waals surface area contributed by atoms with Crippen LogP contribution in [-0.2, 0) is 21.5 Å². The molecule has 1 atom stereocenters. The number of aliphatic hydroxyl groups excluding tert-OH is 1. The Morgan fingerprint density at radius 1 is 0.712 bits per heavy atom. The number of hydrogen-bond acceptors (Lipinski definition) is 7. The maximum Gasteiger partial charge on any atom is 0.340 e. The van der Waals surface area contributed by atoms with Crippen LogP contribution in [0.1, 0.15) is 81.6 Å². The second-order valence-electron chi connectivity index (χ2n) is 12.6. The second kappa shape index (κ2) is 19.6. The van der Waals surface area contributed by atoms with Crippen molar-refractivity contribution in [1.82, 2.24) is 0 Å². The van der Waals surface area contributed by atoms with Gasteiger partial charge in [-0.25, -0.2) is 4.39 Å². The molecule has 0 bridgehead atoms. The van der Waals surface area contributed by atoms with E-state index in [-0.39, 0.29) is 16.2 Å². The van der Waals surface area contributed by atoms with Crippen molar-refractivity contribution in [2.45, 2.75) is 86.2 Å². The number of aliphatic hydroxyl groups is 1. The fourth-order valence-electron chi connectivity index (χ4n) is 5.72. The van der Waals surface area contributed by atoms with Crippen LogP contribution in [0.15, 0.2) is 130 Å². The molecule has 0 saturated carbocycles. The Hall–Kier alpha value is -4.15. The third-order valence-electron chi connectivity index (χ3n) is 8.56. The smallest absolute Gasteiger partial charge is 0.340 e. The van der Waals surface area contributed by atoms with Crippen LogP contribution >= 0.6 is 11.8 Å². The molecule has 5 rings (SSSR count). The molecular weight excluding hydrogens is 696 g/mol. The second-order valence-corrected chi connectivity index (χ2v) is 15.2. The molecule has 9 heteroatoms. The average molecular weight is 743 g/mol. The van der Waals surface area contributed by atoms with E-state index in [9.17, 15) is 13.5 Å². The van der Waals surface area contributed by atoms with E-state index in [0.29, 0.717) is 41.4 Å². The highest BCUT2D eigenvalue weighted by atomic mass is 32.2. The van der Waals surface area contributed by atoms with E-state index < -0.39 is 22.0 Å². The summed E-state index contributed by atoms with van der Waals surface area (Å²) in [6.45, 7) is 5.85. The molecule has 0 fully saturated rings. The number of halogens is 1. The van der Waals surface area contributed by atoms with E-state index in [2.05, 4.69) is 13.8 Å². The Morgan fingerprint density at radius 2 is 1.44 bits per heavy atom. The van der Waals surface area contributed by atoms with Gasteiger partial charge in [-0.1, -0.05) is 112 Å². The molecule has 5 aromatic carbocycles. The van der Waals surface area contributed by atoms with Gasteiger partial charge in [0.1, 0.15) is 28.3 Å². The maximum absolute atomic E-state index is 15.3. The fourth-order valence-corrected chi connectivity index (χ4v) is 8.02. The highest BCUT2D eigenvalue weighted by Crippen LogP contribution is 2.40. The first-order chi connectivity index (χ1) is 25.3. The van der Waals surface area contributed by atoms with Crippen LogP contribution in [0.5, 0.6) is 11.5 Å². The third-order valence-corrected chi connectivity index (χ3v) is 11.1. The summed E-state index contributed by atoms with van der Waals surface area (Å²) in [5, 5.41) is 11.7. The molecular formula is C43H47FO6S2. The predicted molar refractivity (Wildman–Crippen MR) is 206 cm³/mol. The van der Waals surface area contributed by atoms with Gasteiger partial charge in [0.25, 0.3) is 0 Å². The highest BCUT2D eigenvalue weighted by molar-refractivity contribution is 8.00. The number of rotatable bonds is 20. The molecule has 0 aliphatic carbocycles. The zero-order valence-corrected chi connectivity index (χ0v) is 31.4. The van der Waals surface area contributed by atoms with Crippen molar-refractivity contribution in [3.63, 3.8) is 0 Å². The first-order valence-corrected chi connectivity index (χ1v) is 20.2. The minimum atomic E-state index is -4.32. The number of para-hydroxylation sites is 1. The normalized spacial score (nSPS) is 12.1. The lowest BCUT2D eigenvalue weighted by atomic mass is 9.92. The minimum Gasteiger partial charge on any atom is -0.494 e. The predicted octanol–water partition coefficient (Wildman–Crippen LogP) is 11.2. The summed E-state index contributed by atoms with van der Waals surface area (Å²) in [5.74, 6) is 0.388. The molecule has 0 aliphatic rings. The van der Waals surface area contributed by atoms with Crippen molar-refractivity contribution in [1.29, 1.82) is 0 Å². The summed E-state index contributed by atoms with van der Waals surface area (Å²) in [6.07, 6.45) is 6.34. The molecule has 52 heavy (non-hydrogen) atoms. The Bertz CT molecular complexity index is 1970. The lowest BCUT2D eigenvalue weighted by Crippen LogP contribution is -2.11. The summed E-state index contributed by atoms with van der Waals surface area (Å²) in [7, 11) is -4.32. The third kappa shape index (κ3) is 10.9. The fraction of sp³-hybridized carbons (Fsp3) is 0.302. The lowest BCUT2D eigenvalue weighted by molar-refractivity contribution is 0.116. The van der Waals surface area contributed by atoms with Crippen LogP contribution < -0.4 is 8.92 Å². The average Bonchev–Trinajstić information content (AvgIpc) is 3.16. The molecule has 0 amide bonds. The summed E-state index contributed by atoms with van der Waals surface area (Å²) in [5.41, 5.74) is 2.39. The van der Waals surface area contributed by atoms with Crippen LogP contribution in [0.4, 0.5) is 4.39 Å². The molecule has 1 unspecified atom stereocenters. The summed E-state index contributed by atoms with van der Waals surface area (Å²) < 4.78 is 60.4. The van der Waals surface area contributed by atoms with Crippen LogP contribution in [0.2, 0.25) is 0 Å². The number of unbranched alkanes of at least 4 members (excludes halogenated alkanes) is 5. The number of hydrogen-bond donors (Lipinski definition) is 1. The molecule has 0 saturated heterocycles. The van der Waals surface area contributed by atoms with Crippen LogP contribution in [0, 0.1) is 5.82 Å². The van der Waals surface area contributed by atoms with Gasteiger partial charge < -0.3 is 18.8 Å². The van der Waals surface area contributed by atoms with Gasteiger partial charge >= 0.3 is 10.1 Å². The number of benzene rings is 5. The van der Waals surface area contributed by atoms with Gasteiger partial charge in [-0.3, -0.25) is 0 Å². The van der Waals surface area contributed by atoms with Crippen LogP contribution in [0.25, 0.3) is 11.1 Å².